The van der Waals surface area contributed by atoms with Crippen molar-refractivity contribution in [1.29, 1.82) is 0 Å². The van der Waals surface area contributed by atoms with Crippen LogP contribution in [0, 0.1) is 11.1 Å². The zero-order valence-corrected chi connectivity index (χ0v) is 10.2. The molecular weight excluding hydrogens is 214 g/mol. The molecule has 0 aliphatic heterocycles. The molecule has 3 nitrogen and oxygen atoms in total. The lowest BCUT2D eigenvalue weighted by atomic mass is 10.2. The Morgan fingerprint density at radius 3 is 2.76 bits per heavy atom. The van der Waals surface area contributed by atoms with Crippen LogP contribution in [0.1, 0.15) is 12.5 Å². The number of ether oxygens (including phenoxy) is 1. The molecule has 0 aliphatic carbocycles. The lowest BCUT2D eigenvalue weighted by molar-refractivity contribution is -0.471. The van der Waals surface area contributed by atoms with E-state index in [1.54, 1.807) is 0 Å². The van der Waals surface area contributed by atoms with Crippen molar-refractivity contribution in [3.8, 4) is 0 Å². The zero-order valence-electron chi connectivity index (χ0n) is 10.2. The maximum Gasteiger partial charge on any atom is 0.178 e. The summed E-state index contributed by atoms with van der Waals surface area (Å²) in [5.74, 6) is 0.317. The number of rotatable bonds is 7. The third-order valence-electron chi connectivity index (χ3n) is 2.36. The summed E-state index contributed by atoms with van der Waals surface area (Å²) in [7, 11) is 0. The summed E-state index contributed by atoms with van der Waals surface area (Å²) >= 11 is 0. The van der Waals surface area contributed by atoms with Crippen LogP contribution in [0.4, 0.5) is 0 Å². The fourth-order valence-electron chi connectivity index (χ4n) is 1.29. The second-order valence-corrected chi connectivity index (χ2v) is 3.99. The first-order valence-corrected chi connectivity index (χ1v) is 5.73. The van der Waals surface area contributed by atoms with Gasteiger partial charge in [0.2, 0.25) is 0 Å². The Morgan fingerprint density at radius 1 is 1.41 bits per heavy atom. The van der Waals surface area contributed by atoms with Gasteiger partial charge in [0.15, 0.2) is 12.8 Å². The average molecular weight is 233 g/mol. The molecule has 1 atom stereocenters. The molecule has 0 fully saturated rings. The molecule has 3 heteroatoms. The van der Waals surface area contributed by atoms with Gasteiger partial charge in [-0.05, 0) is 5.92 Å². The molecular formula is C14H19NO2. The van der Waals surface area contributed by atoms with Crippen molar-refractivity contribution >= 4 is 6.21 Å². The van der Waals surface area contributed by atoms with Crippen LogP contribution in [-0.2, 0) is 11.3 Å². The highest BCUT2D eigenvalue weighted by Crippen LogP contribution is 1.99. The summed E-state index contributed by atoms with van der Waals surface area (Å²) in [5.41, 5.74) is 0.998. The van der Waals surface area contributed by atoms with Crippen LogP contribution in [0.3, 0.4) is 0 Å². The van der Waals surface area contributed by atoms with Crippen molar-refractivity contribution in [2.24, 2.45) is 5.92 Å². The molecule has 0 heterocycles. The van der Waals surface area contributed by atoms with E-state index in [-0.39, 0.29) is 0 Å². The highest BCUT2D eigenvalue weighted by Gasteiger charge is 1.98. The Hall–Kier alpha value is -1.61. The fourth-order valence-corrected chi connectivity index (χ4v) is 1.29. The molecule has 1 unspecified atom stereocenters. The highest BCUT2D eigenvalue weighted by atomic mass is 16.5. The Kier molecular flexibility index (Phi) is 6.04. The first kappa shape index (κ1) is 13.5. The molecule has 0 aromatic heterocycles. The molecule has 0 radical (unpaired) electrons. The van der Waals surface area contributed by atoms with Crippen molar-refractivity contribution in [2.45, 2.75) is 13.5 Å². The summed E-state index contributed by atoms with van der Waals surface area (Å²) in [6.07, 6.45) is 3.35. The van der Waals surface area contributed by atoms with E-state index >= 15 is 0 Å². The van der Waals surface area contributed by atoms with Gasteiger partial charge >= 0.3 is 0 Å². The predicted octanol–water partition coefficient (Wildman–Crippen LogP) is 2.61. The van der Waals surface area contributed by atoms with Gasteiger partial charge in [0.25, 0.3) is 0 Å². The topological polar surface area (TPSA) is 35.3 Å². The van der Waals surface area contributed by atoms with Crippen LogP contribution in [0.5, 0.6) is 0 Å². The summed E-state index contributed by atoms with van der Waals surface area (Å²) in [6, 6.07) is 9.64. The van der Waals surface area contributed by atoms with Gasteiger partial charge in [0.05, 0.1) is 6.61 Å². The van der Waals surface area contributed by atoms with E-state index in [1.165, 1.54) is 6.21 Å². The number of hydroxylamine groups is 1. The van der Waals surface area contributed by atoms with Crippen molar-refractivity contribution in [3.05, 3.63) is 53.8 Å². The normalized spacial score (nSPS) is 13.4. The van der Waals surface area contributed by atoms with Gasteiger partial charge in [-0.3, -0.25) is 0 Å². The number of nitrogens with zero attached hydrogens (tertiary/aromatic N) is 1. The molecule has 0 N–H and O–H groups in total. The fraction of sp³-hybridized carbons (Fsp3) is 0.357. The second kappa shape index (κ2) is 7.63. The molecule has 1 aromatic rings. The van der Waals surface area contributed by atoms with Crippen molar-refractivity contribution in [2.75, 3.05) is 13.2 Å². The predicted molar refractivity (Wildman–Crippen MR) is 70.0 cm³/mol. The second-order valence-electron chi connectivity index (χ2n) is 3.99. The standard InChI is InChI=1S/C14H19NO2/c1-3-13(2)12-17-10-9-15(16)11-14-7-5-4-6-8-14/h3-9,13H,1,10-12H2,2H3/b15-9+. The monoisotopic (exact) mass is 233 g/mol. The maximum absolute atomic E-state index is 11.5. The van der Waals surface area contributed by atoms with Gasteiger partial charge in [0.1, 0.15) is 6.61 Å². The Morgan fingerprint density at radius 2 is 2.12 bits per heavy atom. The van der Waals surface area contributed by atoms with Crippen molar-refractivity contribution in [3.63, 3.8) is 0 Å². The van der Waals surface area contributed by atoms with E-state index in [0.29, 0.717) is 25.7 Å². The van der Waals surface area contributed by atoms with Crippen LogP contribution >= 0.6 is 0 Å². The summed E-state index contributed by atoms with van der Waals surface area (Å²) < 4.78 is 6.22. The van der Waals surface area contributed by atoms with Gasteiger partial charge in [-0.1, -0.05) is 43.3 Å². The average Bonchev–Trinajstić information content (AvgIpc) is 2.35. The number of hydrogen-bond donors (Lipinski definition) is 0. The van der Waals surface area contributed by atoms with Gasteiger partial charge in [0, 0.05) is 5.56 Å². The van der Waals surface area contributed by atoms with Crippen LogP contribution in [0.15, 0.2) is 43.0 Å². The first-order chi connectivity index (χ1) is 8.22. The lowest BCUT2D eigenvalue weighted by Gasteiger charge is -2.06. The third-order valence-corrected chi connectivity index (χ3v) is 2.36. The van der Waals surface area contributed by atoms with Gasteiger partial charge < -0.3 is 9.94 Å². The van der Waals surface area contributed by atoms with E-state index in [0.717, 1.165) is 10.3 Å². The summed E-state index contributed by atoms with van der Waals surface area (Å²) in [5, 5.41) is 11.5. The van der Waals surface area contributed by atoms with Crippen LogP contribution < -0.4 is 0 Å². The number of hydrogen-bond acceptors (Lipinski definition) is 2. The van der Waals surface area contributed by atoms with Crippen molar-refractivity contribution < 1.29 is 9.48 Å². The van der Waals surface area contributed by atoms with Crippen LogP contribution in [0.25, 0.3) is 0 Å². The van der Waals surface area contributed by atoms with E-state index in [2.05, 4.69) is 6.58 Å². The Labute approximate surface area is 103 Å². The van der Waals surface area contributed by atoms with E-state index < -0.39 is 0 Å². The quantitative estimate of drug-likeness (QED) is 0.181. The van der Waals surface area contributed by atoms with E-state index in [9.17, 15) is 5.21 Å². The van der Waals surface area contributed by atoms with Gasteiger partial charge in [-0.25, -0.2) is 4.74 Å². The smallest absolute Gasteiger partial charge is 0.178 e. The minimum Gasteiger partial charge on any atom is -0.624 e. The zero-order chi connectivity index (χ0) is 12.5. The first-order valence-electron chi connectivity index (χ1n) is 5.73. The van der Waals surface area contributed by atoms with Crippen molar-refractivity contribution in [1.82, 2.24) is 0 Å². The summed E-state index contributed by atoms with van der Waals surface area (Å²) in [6.45, 7) is 6.99. The largest absolute Gasteiger partial charge is 0.624 e. The molecule has 0 saturated heterocycles. The van der Waals surface area contributed by atoms with E-state index in [4.69, 9.17) is 4.74 Å². The maximum atomic E-state index is 11.5. The van der Waals surface area contributed by atoms with E-state index in [1.807, 2.05) is 43.3 Å². The minimum atomic E-state index is 0.317. The van der Waals surface area contributed by atoms with Crippen LogP contribution in [-0.4, -0.2) is 24.2 Å². The molecule has 0 amide bonds. The molecule has 1 aromatic carbocycles. The molecule has 0 aliphatic rings. The Balaban J connectivity index is 2.28. The summed E-state index contributed by atoms with van der Waals surface area (Å²) in [4.78, 5) is 0. The molecule has 0 saturated carbocycles. The van der Waals surface area contributed by atoms with Crippen LogP contribution in [0.2, 0.25) is 0 Å². The lowest BCUT2D eigenvalue weighted by Crippen LogP contribution is -2.11. The van der Waals surface area contributed by atoms with Gasteiger partial charge in [-0.15, -0.1) is 6.58 Å². The highest BCUT2D eigenvalue weighted by molar-refractivity contribution is 5.52. The molecule has 0 spiro atoms. The minimum absolute atomic E-state index is 0.317. The SMILES string of the molecule is C=CC(C)COC/C=[N+](/[O-])Cc1ccccc1. The molecule has 1 rings (SSSR count). The molecule has 0 bridgehead atoms. The number of benzene rings is 1. The third kappa shape index (κ3) is 5.88. The van der Waals surface area contributed by atoms with Gasteiger partial charge in [-0.2, -0.15) is 0 Å². The molecule has 92 valence electrons. The molecule has 17 heavy (non-hydrogen) atoms. The Bertz CT molecular complexity index is 360.